The van der Waals surface area contributed by atoms with Crippen molar-refractivity contribution >= 4 is 17.4 Å². The van der Waals surface area contributed by atoms with E-state index < -0.39 is 0 Å². The number of aromatic nitrogens is 2. The van der Waals surface area contributed by atoms with Gasteiger partial charge in [-0.25, -0.2) is 9.97 Å². The molecule has 0 saturated heterocycles. The van der Waals surface area contributed by atoms with Crippen LogP contribution in [0.5, 0.6) is 0 Å². The highest BCUT2D eigenvalue weighted by atomic mass is 32.2. The van der Waals surface area contributed by atoms with E-state index in [1.54, 1.807) is 24.2 Å². The maximum atomic E-state index is 5.52. The quantitative estimate of drug-likeness (QED) is 0.651. The van der Waals surface area contributed by atoms with Crippen molar-refractivity contribution in [2.75, 3.05) is 5.73 Å². The van der Waals surface area contributed by atoms with Crippen LogP contribution in [-0.2, 0) is 5.75 Å². The smallest absolute Gasteiger partial charge is 0.187 e. The number of aryl methyl sites for hydroxylation is 1. The van der Waals surface area contributed by atoms with Crippen molar-refractivity contribution in [3.8, 4) is 0 Å². The summed E-state index contributed by atoms with van der Waals surface area (Å²) in [7, 11) is 0. The summed E-state index contributed by atoms with van der Waals surface area (Å²) in [4.78, 5) is 8.29. The summed E-state index contributed by atoms with van der Waals surface area (Å²) >= 11 is 1.61. The molecule has 0 saturated carbocycles. The number of benzene rings is 1. The van der Waals surface area contributed by atoms with Crippen LogP contribution in [-0.4, -0.2) is 9.97 Å². The van der Waals surface area contributed by atoms with Gasteiger partial charge in [-0.2, -0.15) is 0 Å². The Morgan fingerprint density at radius 3 is 2.69 bits per heavy atom. The second-order valence-electron chi connectivity index (χ2n) is 3.58. The molecule has 0 atom stereocenters. The number of hydrogen-bond donors (Lipinski definition) is 1. The summed E-state index contributed by atoms with van der Waals surface area (Å²) in [5, 5.41) is 0.760. The molecule has 0 spiro atoms. The predicted octanol–water partition coefficient (Wildman–Crippen LogP) is 2.66. The van der Waals surface area contributed by atoms with Crippen molar-refractivity contribution in [1.82, 2.24) is 9.97 Å². The van der Waals surface area contributed by atoms with Gasteiger partial charge in [0.1, 0.15) is 0 Å². The fraction of sp³-hybridized carbons (Fsp3) is 0.167. The standard InChI is InChI=1S/C12H13N3S/c1-9-3-2-4-10(5-9)8-16-12-14-6-11(13)7-15-12/h2-7H,8,13H2,1H3. The molecule has 0 aliphatic carbocycles. The zero-order chi connectivity index (χ0) is 11.4. The molecule has 2 aromatic rings. The Morgan fingerprint density at radius 2 is 2.00 bits per heavy atom. The third-order valence-electron chi connectivity index (χ3n) is 2.10. The summed E-state index contributed by atoms with van der Waals surface area (Å²) in [6.07, 6.45) is 3.26. The van der Waals surface area contributed by atoms with Crippen molar-refractivity contribution < 1.29 is 0 Å². The first-order chi connectivity index (χ1) is 7.74. The summed E-state index contributed by atoms with van der Waals surface area (Å²) < 4.78 is 0. The molecule has 2 rings (SSSR count). The van der Waals surface area contributed by atoms with E-state index in [4.69, 9.17) is 5.73 Å². The Morgan fingerprint density at radius 1 is 1.25 bits per heavy atom. The lowest BCUT2D eigenvalue weighted by Crippen LogP contribution is -1.91. The van der Waals surface area contributed by atoms with Crippen LogP contribution in [0.25, 0.3) is 0 Å². The van der Waals surface area contributed by atoms with E-state index >= 15 is 0 Å². The molecule has 0 aliphatic rings. The summed E-state index contributed by atoms with van der Waals surface area (Å²) in [6, 6.07) is 8.44. The molecule has 0 radical (unpaired) electrons. The van der Waals surface area contributed by atoms with E-state index in [2.05, 4.69) is 41.2 Å². The lowest BCUT2D eigenvalue weighted by atomic mass is 10.2. The highest BCUT2D eigenvalue weighted by Crippen LogP contribution is 2.19. The molecule has 0 amide bonds. The monoisotopic (exact) mass is 231 g/mol. The molecule has 0 fully saturated rings. The summed E-state index contributed by atoms with van der Waals surface area (Å²) in [5.74, 6) is 0.881. The zero-order valence-corrected chi connectivity index (χ0v) is 9.87. The number of nitrogen functional groups attached to an aromatic ring is 1. The molecule has 0 unspecified atom stereocenters. The van der Waals surface area contributed by atoms with Gasteiger partial charge in [-0.1, -0.05) is 41.6 Å². The number of nitrogens with zero attached hydrogens (tertiary/aromatic N) is 2. The van der Waals surface area contributed by atoms with Gasteiger partial charge < -0.3 is 5.73 Å². The van der Waals surface area contributed by atoms with Gasteiger partial charge in [-0.05, 0) is 12.5 Å². The number of nitrogens with two attached hydrogens (primary N) is 1. The van der Waals surface area contributed by atoms with E-state index in [1.165, 1.54) is 11.1 Å². The highest BCUT2D eigenvalue weighted by Gasteiger charge is 1.99. The van der Waals surface area contributed by atoms with E-state index in [0.717, 1.165) is 10.9 Å². The molecule has 3 nitrogen and oxygen atoms in total. The number of thioether (sulfide) groups is 1. The molecule has 0 aliphatic heterocycles. The van der Waals surface area contributed by atoms with Crippen molar-refractivity contribution in [1.29, 1.82) is 0 Å². The minimum absolute atomic E-state index is 0.597. The van der Waals surface area contributed by atoms with Crippen LogP contribution in [0, 0.1) is 6.92 Å². The lowest BCUT2D eigenvalue weighted by molar-refractivity contribution is 0.970. The van der Waals surface area contributed by atoms with Crippen LogP contribution in [0.3, 0.4) is 0 Å². The largest absolute Gasteiger partial charge is 0.396 e. The fourth-order valence-corrected chi connectivity index (χ4v) is 2.08. The highest BCUT2D eigenvalue weighted by molar-refractivity contribution is 7.98. The summed E-state index contributed by atoms with van der Waals surface area (Å²) in [5.41, 5.74) is 8.67. The second kappa shape index (κ2) is 4.99. The summed E-state index contributed by atoms with van der Waals surface area (Å²) in [6.45, 7) is 2.09. The van der Waals surface area contributed by atoms with Crippen molar-refractivity contribution in [3.63, 3.8) is 0 Å². The van der Waals surface area contributed by atoms with E-state index in [1.807, 2.05) is 0 Å². The average molecular weight is 231 g/mol. The Balaban J connectivity index is 1.99. The van der Waals surface area contributed by atoms with Crippen LogP contribution in [0.1, 0.15) is 11.1 Å². The molecule has 1 aromatic carbocycles. The van der Waals surface area contributed by atoms with E-state index in [9.17, 15) is 0 Å². The lowest BCUT2D eigenvalue weighted by Gasteiger charge is -2.01. The minimum atomic E-state index is 0.597. The Bertz CT molecular complexity index is 468. The molecule has 2 N–H and O–H groups in total. The molecule has 1 heterocycles. The van der Waals surface area contributed by atoms with Gasteiger partial charge in [0.05, 0.1) is 18.1 Å². The fourth-order valence-electron chi connectivity index (χ4n) is 1.35. The van der Waals surface area contributed by atoms with Gasteiger partial charge in [-0.15, -0.1) is 0 Å². The number of anilines is 1. The van der Waals surface area contributed by atoms with Crippen LogP contribution in [0.4, 0.5) is 5.69 Å². The predicted molar refractivity (Wildman–Crippen MR) is 67.2 cm³/mol. The first kappa shape index (κ1) is 11.0. The molecular weight excluding hydrogens is 218 g/mol. The van der Waals surface area contributed by atoms with Crippen molar-refractivity contribution in [2.24, 2.45) is 0 Å². The number of hydrogen-bond acceptors (Lipinski definition) is 4. The van der Waals surface area contributed by atoms with Crippen molar-refractivity contribution in [2.45, 2.75) is 17.8 Å². The SMILES string of the molecule is Cc1cccc(CSc2ncc(N)cn2)c1. The van der Waals surface area contributed by atoms with Gasteiger partial charge in [0, 0.05) is 5.75 Å². The maximum Gasteiger partial charge on any atom is 0.187 e. The third kappa shape index (κ3) is 2.97. The maximum absolute atomic E-state index is 5.52. The Labute approximate surface area is 99.1 Å². The van der Waals surface area contributed by atoms with Gasteiger partial charge in [0.25, 0.3) is 0 Å². The average Bonchev–Trinajstić information content (AvgIpc) is 2.28. The molecule has 82 valence electrons. The topological polar surface area (TPSA) is 51.8 Å². The van der Waals surface area contributed by atoms with E-state index in [-0.39, 0.29) is 0 Å². The first-order valence-corrected chi connectivity index (χ1v) is 5.98. The van der Waals surface area contributed by atoms with Gasteiger partial charge >= 0.3 is 0 Å². The molecule has 16 heavy (non-hydrogen) atoms. The Hall–Kier alpha value is -1.55. The number of rotatable bonds is 3. The Kier molecular flexibility index (Phi) is 3.41. The minimum Gasteiger partial charge on any atom is -0.396 e. The molecule has 0 bridgehead atoms. The van der Waals surface area contributed by atoms with Crippen LogP contribution >= 0.6 is 11.8 Å². The first-order valence-electron chi connectivity index (χ1n) is 5.00. The molecule has 4 heteroatoms. The third-order valence-corrected chi connectivity index (χ3v) is 3.05. The van der Waals surface area contributed by atoms with Crippen LogP contribution in [0.15, 0.2) is 41.8 Å². The molecular formula is C12H13N3S. The molecule has 1 aromatic heterocycles. The zero-order valence-electron chi connectivity index (χ0n) is 9.05. The van der Waals surface area contributed by atoms with E-state index in [0.29, 0.717) is 5.69 Å². The van der Waals surface area contributed by atoms with Crippen LogP contribution in [0.2, 0.25) is 0 Å². The van der Waals surface area contributed by atoms with Crippen LogP contribution < -0.4 is 5.73 Å². The second-order valence-corrected chi connectivity index (χ2v) is 4.52. The van der Waals surface area contributed by atoms with Gasteiger partial charge in [-0.3, -0.25) is 0 Å². The van der Waals surface area contributed by atoms with Gasteiger partial charge in [0.15, 0.2) is 5.16 Å². The van der Waals surface area contributed by atoms with Gasteiger partial charge in [0.2, 0.25) is 0 Å². The van der Waals surface area contributed by atoms with Crippen molar-refractivity contribution in [3.05, 3.63) is 47.8 Å². The normalized spacial score (nSPS) is 10.3.